The molecule has 0 fully saturated rings. The molecular weight excluding hydrogens is 613 g/mol. The quantitative estimate of drug-likeness (QED) is 0.162. The van der Waals surface area contributed by atoms with Crippen molar-refractivity contribution >= 4 is 0 Å². The zero-order valence-electron chi connectivity index (χ0n) is 33.7. The maximum atomic E-state index is 4.19. The Morgan fingerprint density at radius 2 is 0.740 bits per heavy atom. The van der Waals surface area contributed by atoms with Gasteiger partial charge in [-0.1, -0.05) is 146 Å². The van der Waals surface area contributed by atoms with Crippen molar-refractivity contribution in [2.45, 2.75) is 131 Å². The normalized spacial score (nSPS) is 11.5. The van der Waals surface area contributed by atoms with Crippen molar-refractivity contribution in [2.24, 2.45) is 0 Å². The molecule has 270 valence electrons. The molecule has 6 heteroatoms. The smallest absolute Gasteiger partial charge is 0.133 e. The van der Waals surface area contributed by atoms with Crippen LogP contribution in [0.1, 0.15) is 132 Å². The van der Waals surface area contributed by atoms with Crippen molar-refractivity contribution in [1.29, 1.82) is 0 Å². The SMILES string of the molecule is CC(C)(C)c1ccccc1.CC(C)(C)c1cccnc1.CC(C)(C)c1cccnc1.CC(C)(C)c1cnccn1.CC(C)(C)c1ncccn1. The van der Waals surface area contributed by atoms with Crippen molar-refractivity contribution in [3.05, 3.63) is 145 Å². The summed E-state index contributed by atoms with van der Waals surface area (Å²) in [5.74, 6) is 0.898. The standard InChI is InChI=1S/C10H14.2C9H13N.2C8H12N2/c1-10(2,3)9-7-5-4-6-8-9;2*1-9(2,3)8-5-4-6-10-7-8;1-8(2,3)7-6-9-4-5-10-7;1-8(2,3)7-9-5-4-6-10-7/h4-8H,1-3H3;2*4-7H,1-3H3;2*4-6H,1-3H3. The van der Waals surface area contributed by atoms with Crippen LogP contribution in [-0.2, 0) is 27.1 Å². The first kappa shape index (κ1) is 43.7. The van der Waals surface area contributed by atoms with Crippen LogP contribution in [-0.4, -0.2) is 29.9 Å². The van der Waals surface area contributed by atoms with Crippen LogP contribution in [0.5, 0.6) is 0 Å². The van der Waals surface area contributed by atoms with Gasteiger partial charge in [0.05, 0.1) is 5.69 Å². The lowest BCUT2D eigenvalue weighted by molar-refractivity contribution is 0.545. The second-order valence-corrected chi connectivity index (χ2v) is 17.3. The number of hydrogen-bond acceptors (Lipinski definition) is 6. The molecule has 0 spiro atoms. The van der Waals surface area contributed by atoms with E-state index >= 15 is 0 Å². The Morgan fingerprint density at radius 1 is 0.320 bits per heavy atom. The highest BCUT2D eigenvalue weighted by Crippen LogP contribution is 2.22. The summed E-state index contributed by atoms with van der Waals surface area (Å²) in [7, 11) is 0. The van der Waals surface area contributed by atoms with Gasteiger partial charge in [-0.25, -0.2) is 9.97 Å². The molecule has 50 heavy (non-hydrogen) atoms. The van der Waals surface area contributed by atoms with Crippen molar-refractivity contribution in [3.8, 4) is 0 Å². The van der Waals surface area contributed by atoms with Crippen LogP contribution < -0.4 is 0 Å². The average molecular weight is 677 g/mol. The summed E-state index contributed by atoms with van der Waals surface area (Å²) in [5, 5.41) is 0. The van der Waals surface area contributed by atoms with Crippen LogP contribution in [0.2, 0.25) is 0 Å². The Morgan fingerprint density at radius 3 is 0.980 bits per heavy atom. The van der Waals surface area contributed by atoms with Gasteiger partial charge in [-0.3, -0.25) is 19.9 Å². The molecule has 1 aromatic carbocycles. The first-order valence-electron chi connectivity index (χ1n) is 17.4. The summed E-state index contributed by atoms with van der Waals surface area (Å²) < 4.78 is 0. The van der Waals surface area contributed by atoms with Gasteiger partial charge in [0.25, 0.3) is 0 Å². The first-order valence-corrected chi connectivity index (χ1v) is 17.4. The number of hydrogen-bond donors (Lipinski definition) is 0. The Bertz CT molecular complexity index is 1270. The molecule has 0 aliphatic heterocycles. The van der Waals surface area contributed by atoms with Crippen LogP contribution >= 0.6 is 0 Å². The molecule has 0 saturated carbocycles. The van der Waals surface area contributed by atoms with Gasteiger partial charge in [-0.05, 0) is 51.1 Å². The maximum absolute atomic E-state index is 4.19. The topological polar surface area (TPSA) is 77.3 Å². The third-order valence-electron chi connectivity index (χ3n) is 7.26. The fourth-order valence-corrected chi connectivity index (χ4v) is 3.92. The summed E-state index contributed by atoms with van der Waals surface area (Å²) in [4.78, 5) is 24.6. The highest BCUT2D eigenvalue weighted by molar-refractivity contribution is 5.22. The summed E-state index contributed by atoms with van der Waals surface area (Å²) in [6.07, 6.45) is 16.2. The zero-order valence-corrected chi connectivity index (χ0v) is 33.7. The monoisotopic (exact) mass is 677 g/mol. The van der Waals surface area contributed by atoms with Gasteiger partial charge in [0, 0.05) is 66.6 Å². The molecule has 4 heterocycles. The molecule has 0 radical (unpaired) electrons. The molecule has 0 unspecified atom stereocenters. The number of aromatic nitrogens is 6. The van der Waals surface area contributed by atoms with E-state index in [9.17, 15) is 0 Å². The predicted molar refractivity (Wildman–Crippen MR) is 212 cm³/mol. The minimum Gasteiger partial charge on any atom is -0.264 e. The zero-order chi connectivity index (χ0) is 38.1. The molecule has 5 aromatic rings. The molecule has 4 aromatic heterocycles. The molecule has 0 atom stereocenters. The van der Waals surface area contributed by atoms with E-state index in [0.29, 0.717) is 5.41 Å². The number of pyridine rings is 2. The number of nitrogens with zero attached hydrogens (tertiary/aromatic N) is 6. The fraction of sp³-hybridized carbons (Fsp3) is 0.455. The molecule has 0 amide bonds. The van der Waals surface area contributed by atoms with Gasteiger partial charge in [-0.2, -0.15) is 0 Å². The van der Waals surface area contributed by atoms with Crippen LogP contribution in [0.4, 0.5) is 0 Å². The van der Waals surface area contributed by atoms with Crippen molar-refractivity contribution in [3.63, 3.8) is 0 Å². The molecule has 5 rings (SSSR count). The second kappa shape index (κ2) is 19.8. The molecule has 0 saturated heterocycles. The molecule has 0 bridgehead atoms. The summed E-state index contributed by atoms with van der Waals surface area (Å²) in [5.41, 5.74) is 5.95. The fourth-order valence-electron chi connectivity index (χ4n) is 3.92. The molecule has 0 aliphatic rings. The molecule has 0 aliphatic carbocycles. The van der Waals surface area contributed by atoms with E-state index in [0.717, 1.165) is 11.5 Å². The van der Waals surface area contributed by atoms with Gasteiger partial charge in [0.1, 0.15) is 5.82 Å². The maximum Gasteiger partial charge on any atom is 0.133 e. The third kappa shape index (κ3) is 18.4. The van der Waals surface area contributed by atoms with Gasteiger partial charge in [0.15, 0.2) is 0 Å². The number of rotatable bonds is 0. The van der Waals surface area contributed by atoms with E-state index < -0.39 is 0 Å². The van der Waals surface area contributed by atoms with Crippen LogP contribution in [0.15, 0.2) is 116 Å². The van der Waals surface area contributed by atoms with E-state index in [1.54, 1.807) is 43.4 Å². The van der Waals surface area contributed by atoms with E-state index in [1.807, 2.05) is 30.6 Å². The van der Waals surface area contributed by atoms with E-state index in [2.05, 4.69) is 176 Å². The molecule has 6 nitrogen and oxygen atoms in total. The highest BCUT2D eigenvalue weighted by atomic mass is 14.9. The van der Waals surface area contributed by atoms with Crippen LogP contribution in [0, 0.1) is 0 Å². The summed E-state index contributed by atoms with van der Waals surface area (Å²) in [6, 6.07) is 20.5. The molecular formula is C44H64N6. The second-order valence-electron chi connectivity index (χ2n) is 17.3. The van der Waals surface area contributed by atoms with E-state index in [-0.39, 0.29) is 21.7 Å². The average Bonchev–Trinajstić information content (AvgIpc) is 3.06. The lowest BCUT2D eigenvalue weighted by Gasteiger charge is -2.18. The lowest BCUT2D eigenvalue weighted by atomic mass is 9.87. The van der Waals surface area contributed by atoms with Crippen molar-refractivity contribution in [1.82, 2.24) is 29.9 Å². The van der Waals surface area contributed by atoms with Crippen molar-refractivity contribution < 1.29 is 0 Å². The number of benzene rings is 1. The van der Waals surface area contributed by atoms with E-state index in [4.69, 9.17) is 0 Å². The Kier molecular flexibility index (Phi) is 17.3. The minimum atomic E-state index is 0.0707. The Hall–Kier alpha value is -4.32. The van der Waals surface area contributed by atoms with Gasteiger partial charge < -0.3 is 0 Å². The van der Waals surface area contributed by atoms with Gasteiger partial charge in [-0.15, -0.1) is 0 Å². The summed E-state index contributed by atoms with van der Waals surface area (Å²) in [6.45, 7) is 32.4. The van der Waals surface area contributed by atoms with Crippen LogP contribution in [0.25, 0.3) is 0 Å². The Balaban J connectivity index is 0.000000312. The summed E-state index contributed by atoms with van der Waals surface area (Å²) >= 11 is 0. The predicted octanol–water partition coefficient (Wildman–Crippen LogP) is 11.3. The first-order chi connectivity index (χ1) is 23.0. The van der Waals surface area contributed by atoms with Gasteiger partial charge >= 0.3 is 0 Å². The highest BCUT2D eigenvalue weighted by Gasteiger charge is 2.16. The van der Waals surface area contributed by atoms with Gasteiger partial charge in [0.2, 0.25) is 0 Å². The van der Waals surface area contributed by atoms with Crippen molar-refractivity contribution in [2.75, 3.05) is 0 Å². The molecule has 0 N–H and O–H groups in total. The minimum absolute atomic E-state index is 0.0707. The lowest BCUT2D eigenvalue weighted by Crippen LogP contribution is -2.14. The Labute approximate surface area is 304 Å². The van der Waals surface area contributed by atoms with E-state index in [1.165, 1.54) is 16.7 Å². The van der Waals surface area contributed by atoms with Crippen LogP contribution in [0.3, 0.4) is 0 Å². The third-order valence-corrected chi connectivity index (χ3v) is 7.26. The largest absolute Gasteiger partial charge is 0.264 e.